The summed E-state index contributed by atoms with van der Waals surface area (Å²) < 4.78 is 30.6. The number of carbonyl (C=O) groups excluding carboxylic acids is 1. The molecule has 34 heavy (non-hydrogen) atoms. The lowest BCUT2D eigenvalue weighted by molar-refractivity contribution is -0.112. The molecule has 3 aromatic carbocycles. The fraction of sp³-hybridized carbons (Fsp3) is 0.154. The molecule has 8 heteroatoms. The molecule has 0 spiro atoms. The maximum absolute atomic E-state index is 13.4. The van der Waals surface area contributed by atoms with Crippen LogP contribution < -0.4 is 19.5 Å². The number of hydrogen-bond acceptors (Lipinski definition) is 5. The molecule has 0 aliphatic rings. The molecule has 0 aliphatic carbocycles. The van der Waals surface area contributed by atoms with E-state index >= 15 is 0 Å². The number of methoxy groups -OCH3 is 1. The number of carbonyl (C=O) groups is 1. The van der Waals surface area contributed by atoms with Crippen LogP contribution in [0.2, 0.25) is 0 Å². The van der Waals surface area contributed by atoms with Gasteiger partial charge >= 0.3 is 0 Å². The Morgan fingerprint density at radius 3 is 2.56 bits per heavy atom. The van der Waals surface area contributed by atoms with Crippen LogP contribution in [-0.2, 0) is 11.4 Å². The van der Waals surface area contributed by atoms with Crippen LogP contribution in [0.1, 0.15) is 18.1 Å². The number of rotatable bonds is 9. The van der Waals surface area contributed by atoms with Gasteiger partial charge in [-0.15, -0.1) is 0 Å². The van der Waals surface area contributed by atoms with Gasteiger partial charge in [-0.2, -0.15) is 5.26 Å². The van der Waals surface area contributed by atoms with Gasteiger partial charge in [0.25, 0.3) is 5.91 Å². The first-order chi connectivity index (χ1) is 16.4. The van der Waals surface area contributed by atoms with E-state index in [0.717, 1.165) is 0 Å². The number of amides is 1. The number of anilines is 1. The summed E-state index contributed by atoms with van der Waals surface area (Å²) in [6, 6.07) is 18.2. The van der Waals surface area contributed by atoms with E-state index in [2.05, 4.69) is 21.2 Å². The number of benzene rings is 3. The maximum Gasteiger partial charge on any atom is 0.266 e. The Balaban J connectivity index is 1.77. The van der Waals surface area contributed by atoms with Crippen molar-refractivity contribution in [1.82, 2.24) is 0 Å². The number of nitrogens with one attached hydrogen (secondary N) is 1. The van der Waals surface area contributed by atoms with Crippen molar-refractivity contribution in [1.29, 1.82) is 5.26 Å². The average Bonchev–Trinajstić information content (AvgIpc) is 2.83. The molecule has 3 rings (SSSR count). The normalized spacial score (nSPS) is 10.9. The Morgan fingerprint density at radius 2 is 1.91 bits per heavy atom. The van der Waals surface area contributed by atoms with E-state index in [1.807, 2.05) is 13.0 Å². The summed E-state index contributed by atoms with van der Waals surface area (Å²) in [5, 5.41) is 12.2. The van der Waals surface area contributed by atoms with Crippen molar-refractivity contribution in [3.63, 3.8) is 0 Å². The number of nitriles is 1. The van der Waals surface area contributed by atoms with E-state index in [-0.39, 0.29) is 18.0 Å². The van der Waals surface area contributed by atoms with Gasteiger partial charge in [0.1, 0.15) is 29.8 Å². The molecule has 0 bridgehead atoms. The van der Waals surface area contributed by atoms with E-state index in [1.165, 1.54) is 25.3 Å². The minimum absolute atomic E-state index is 0.0868. The molecule has 0 atom stereocenters. The molecule has 0 unspecified atom stereocenters. The zero-order chi connectivity index (χ0) is 24.5. The first-order valence-electron chi connectivity index (χ1n) is 10.3. The first-order valence-corrected chi connectivity index (χ1v) is 11.1. The third-order valence-electron chi connectivity index (χ3n) is 4.62. The predicted molar refractivity (Wildman–Crippen MR) is 131 cm³/mol. The van der Waals surface area contributed by atoms with Crippen molar-refractivity contribution < 1.29 is 23.4 Å². The fourth-order valence-corrected chi connectivity index (χ4v) is 3.63. The van der Waals surface area contributed by atoms with Crippen LogP contribution in [0.15, 0.2) is 70.7 Å². The van der Waals surface area contributed by atoms with Crippen LogP contribution in [-0.4, -0.2) is 19.6 Å². The number of hydrogen-bond donors (Lipinski definition) is 1. The van der Waals surface area contributed by atoms with Gasteiger partial charge in [0.2, 0.25) is 0 Å². The second-order valence-corrected chi connectivity index (χ2v) is 7.89. The molecule has 1 N–H and O–H groups in total. The van der Waals surface area contributed by atoms with Crippen molar-refractivity contribution in [2.45, 2.75) is 13.5 Å². The molecule has 0 aromatic heterocycles. The van der Waals surface area contributed by atoms with E-state index < -0.39 is 5.91 Å². The Bertz CT molecular complexity index is 1240. The smallest absolute Gasteiger partial charge is 0.266 e. The molecule has 0 saturated carbocycles. The van der Waals surface area contributed by atoms with Gasteiger partial charge in [-0.1, -0.05) is 12.1 Å². The summed E-state index contributed by atoms with van der Waals surface area (Å²) in [4.78, 5) is 12.6. The number of halogens is 2. The van der Waals surface area contributed by atoms with Crippen molar-refractivity contribution in [2.24, 2.45) is 0 Å². The van der Waals surface area contributed by atoms with Gasteiger partial charge in [-0.05, 0) is 88.6 Å². The topological polar surface area (TPSA) is 80.6 Å². The minimum atomic E-state index is -0.548. The summed E-state index contributed by atoms with van der Waals surface area (Å²) in [5.41, 5.74) is 1.67. The van der Waals surface area contributed by atoms with Crippen LogP contribution >= 0.6 is 15.9 Å². The standard InChI is InChI=1S/C26H22BrFN2O4/c1-3-33-22-9-7-21(8-10-22)30-26(31)19(15-29)11-18-13-23(27)25(24(14-18)32-2)34-16-17-5-4-6-20(28)12-17/h4-14H,3,16H2,1-2H3,(H,30,31)/b19-11-. The van der Waals surface area contributed by atoms with Gasteiger partial charge in [-0.3, -0.25) is 4.79 Å². The van der Waals surface area contributed by atoms with Crippen LogP contribution in [0, 0.1) is 17.1 Å². The number of nitrogens with zero attached hydrogens (tertiary/aromatic N) is 1. The highest BCUT2D eigenvalue weighted by Crippen LogP contribution is 2.38. The lowest BCUT2D eigenvalue weighted by atomic mass is 10.1. The van der Waals surface area contributed by atoms with E-state index in [0.29, 0.717) is 45.1 Å². The fourth-order valence-electron chi connectivity index (χ4n) is 3.06. The molecule has 174 valence electrons. The van der Waals surface area contributed by atoms with E-state index in [1.54, 1.807) is 48.5 Å². The van der Waals surface area contributed by atoms with E-state index in [4.69, 9.17) is 14.2 Å². The molecule has 3 aromatic rings. The molecular weight excluding hydrogens is 503 g/mol. The van der Waals surface area contributed by atoms with Crippen molar-refractivity contribution in [2.75, 3.05) is 19.0 Å². The first kappa shape index (κ1) is 24.8. The van der Waals surface area contributed by atoms with Crippen LogP contribution in [0.25, 0.3) is 6.08 Å². The predicted octanol–water partition coefficient (Wildman–Crippen LogP) is 6.12. The maximum atomic E-state index is 13.4. The number of ether oxygens (including phenoxy) is 3. The van der Waals surface area contributed by atoms with Crippen molar-refractivity contribution in [3.8, 4) is 23.3 Å². The summed E-state index contributed by atoms with van der Waals surface area (Å²) in [7, 11) is 1.48. The summed E-state index contributed by atoms with van der Waals surface area (Å²) in [6.07, 6.45) is 1.45. The molecule has 1 amide bonds. The molecule has 0 aliphatic heterocycles. The van der Waals surface area contributed by atoms with Crippen LogP contribution in [0.5, 0.6) is 17.2 Å². The minimum Gasteiger partial charge on any atom is -0.494 e. The second kappa shape index (κ2) is 11.9. The monoisotopic (exact) mass is 524 g/mol. The average molecular weight is 525 g/mol. The lowest BCUT2D eigenvalue weighted by Gasteiger charge is -2.14. The molecule has 0 saturated heterocycles. The molecule has 0 heterocycles. The SMILES string of the molecule is CCOc1ccc(NC(=O)/C(C#N)=C\c2cc(Br)c(OCc3cccc(F)c3)c(OC)c2)cc1. The highest BCUT2D eigenvalue weighted by atomic mass is 79.9. The molecule has 6 nitrogen and oxygen atoms in total. The Kier molecular flexibility index (Phi) is 8.66. The van der Waals surface area contributed by atoms with Gasteiger partial charge in [0.05, 0.1) is 18.2 Å². The summed E-state index contributed by atoms with van der Waals surface area (Å²) in [6.45, 7) is 2.56. The third kappa shape index (κ3) is 6.59. The molecular formula is C26H22BrFN2O4. The van der Waals surface area contributed by atoms with Gasteiger partial charge in [-0.25, -0.2) is 4.39 Å². The summed E-state index contributed by atoms with van der Waals surface area (Å²) >= 11 is 3.45. The quantitative estimate of drug-likeness (QED) is 0.269. The Morgan fingerprint density at radius 1 is 1.15 bits per heavy atom. The Hall–Kier alpha value is -3.83. The molecule has 0 radical (unpaired) electrons. The van der Waals surface area contributed by atoms with Crippen LogP contribution in [0.3, 0.4) is 0 Å². The Labute approximate surface area is 205 Å². The lowest BCUT2D eigenvalue weighted by Crippen LogP contribution is -2.13. The van der Waals surface area contributed by atoms with Crippen LogP contribution in [0.4, 0.5) is 10.1 Å². The van der Waals surface area contributed by atoms with Gasteiger partial charge < -0.3 is 19.5 Å². The van der Waals surface area contributed by atoms with E-state index in [9.17, 15) is 14.4 Å². The zero-order valence-electron chi connectivity index (χ0n) is 18.6. The van der Waals surface area contributed by atoms with Gasteiger partial charge in [0.15, 0.2) is 11.5 Å². The third-order valence-corrected chi connectivity index (χ3v) is 5.21. The highest BCUT2D eigenvalue weighted by molar-refractivity contribution is 9.10. The van der Waals surface area contributed by atoms with Crippen molar-refractivity contribution >= 4 is 33.6 Å². The second-order valence-electron chi connectivity index (χ2n) is 7.03. The van der Waals surface area contributed by atoms with Gasteiger partial charge in [0, 0.05) is 5.69 Å². The van der Waals surface area contributed by atoms with Crippen molar-refractivity contribution in [3.05, 3.63) is 87.7 Å². The summed E-state index contributed by atoms with van der Waals surface area (Å²) in [5.74, 6) is 0.601. The highest BCUT2D eigenvalue weighted by Gasteiger charge is 2.14. The molecule has 0 fully saturated rings. The zero-order valence-corrected chi connectivity index (χ0v) is 20.2. The largest absolute Gasteiger partial charge is 0.494 e.